The quantitative estimate of drug-likeness (QED) is 0.832. The average molecular weight is 231 g/mol. The zero-order valence-corrected chi connectivity index (χ0v) is 9.21. The first-order valence-electron chi connectivity index (χ1n) is 4.84. The molecule has 3 N–H and O–H groups in total. The molecule has 1 aromatic carbocycles. The summed E-state index contributed by atoms with van der Waals surface area (Å²) >= 11 is 0. The van der Waals surface area contributed by atoms with Gasteiger partial charge in [0.25, 0.3) is 6.43 Å². The van der Waals surface area contributed by atoms with E-state index >= 15 is 0 Å². The van der Waals surface area contributed by atoms with Gasteiger partial charge in [-0.25, -0.2) is 8.78 Å². The maximum atomic E-state index is 12.8. The molecule has 0 spiro atoms. The fourth-order valence-corrected chi connectivity index (χ4v) is 1.60. The smallest absolute Gasteiger partial charge is 0.267 e. The van der Waals surface area contributed by atoms with Crippen LogP contribution in [0.5, 0.6) is 5.75 Å². The second kappa shape index (κ2) is 5.23. The molecule has 0 aliphatic carbocycles. The minimum Gasteiger partial charge on any atom is -0.496 e. The zero-order valence-electron chi connectivity index (χ0n) is 9.21. The van der Waals surface area contributed by atoms with Crippen LogP contribution < -0.4 is 10.5 Å². The third-order valence-corrected chi connectivity index (χ3v) is 2.33. The first-order chi connectivity index (χ1) is 7.51. The highest BCUT2D eigenvalue weighted by atomic mass is 19.3. The lowest BCUT2D eigenvalue weighted by molar-refractivity contribution is 0.146. The molecular formula is C11H15F2NO2. The molecule has 3 nitrogen and oxygen atoms in total. The van der Waals surface area contributed by atoms with Gasteiger partial charge in [0.2, 0.25) is 0 Å². The number of aliphatic hydroxyl groups excluding tert-OH is 1. The van der Waals surface area contributed by atoms with Crippen LogP contribution in [0.25, 0.3) is 0 Å². The molecule has 0 aliphatic rings. The first kappa shape index (κ1) is 12.9. The Morgan fingerprint density at radius 2 is 1.94 bits per heavy atom. The summed E-state index contributed by atoms with van der Waals surface area (Å²) in [7, 11) is 1.31. The molecule has 0 fully saturated rings. The van der Waals surface area contributed by atoms with Gasteiger partial charge in [-0.15, -0.1) is 0 Å². The number of hydrogen-bond acceptors (Lipinski definition) is 3. The van der Waals surface area contributed by atoms with Crippen LogP contribution in [-0.4, -0.2) is 18.8 Å². The van der Waals surface area contributed by atoms with E-state index in [4.69, 9.17) is 15.6 Å². The van der Waals surface area contributed by atoms with Crippen LogP contribution in [0.1, 0.15) is 29.2 Å². The fraction of sp³-hybridized carbons (Fsp3) is 0.455. The van der Waals surface area contributed by atoms with E-state index in [1.807, 2.05) is 0 Å². The molecule has 0 amide bonds. The molecule has 1 rings (SSSR count). The number of ether oxygens (including phenoxy) is 1. The summed E-state index contributed by atoms with van der Waals surface area (Å²) in [4.78, 5) is 0. The highest BCUT2D eigenvalue weighted by molar-refractivity contribution is 5.46. The molecule has 1 unspecified atom stereocenters. The largest absolute Gasteiger partial charge is 0.496 e. The van der Waals surface area contributed by atoms with Crippen LogP contribution in [0.2, 0.25) is 0 Å². The third kappa shape index (κ3) is 2.48. The van der Waals surface area contributed by atoms with Crippen molar-refractivity contribution in [2.45, 2.75) is 19.4 Å². The Hall–Kier alpha value is -1.20. The highest BCUT2D eigenvalue weighted by Crippen LogP contribution is 2.35. The summed E-state index contributed by atoms with van der Waals surface area (Å²) in [6.45, 7) is 1.38. The van der Waals surface area contributed by atoms with Gasteiger partial charge in [0.1, 0.15) is 5.75 Å². The van der Waals surface area contributed by atoms with Crippen molar-refractivity contribution >= 4 is 0 Å². The minimum absolute atomic E-state index is 0.0575. The van der Waals surface area contributed by atoms with Crippen molar-refractivity contribution in [1.29, 1.82) is 0 Å². The highest BCUT2D eigenvalue weighted by Gasteiger charge is 2.20. The maximum absolute atomic E-state index is 12.8. The number of halogens is 2. The molecule has 0 radical (unpaired) electrons. The van der Waals surface area contributed by atoms with Crippen LogP contribution in [0.4, 0.5) is 8.78 Å². The Bertz CT molecular complexity index is 369. The molecule has 0 saturated heterocycles. The molecular weight excluding hydrogens is 216 g/mol. The van der Waals surface area contributed by atoms with Gasteiger partial charge in [-0.2, -0.15) is 0 Å². The van der Waals surface area contributed by atoms with Crippen molar-refractivity contribution in [2.75, 3.05) is 13.7 Å². The normalized spacial score (nSPS) is 12.9. The van der Waals surface area contributed by atoms with E-state index in [1.54, 1.807) is 13.0 Å². The number of hydrogen-bond donors (Lipinski definition) is 2. The number of benzene rings is 1. The van der Waals surface area contributed by atoms with Crippen molar-refractivity contribution < 1.29 is 18.6 Å². The number of alkyl halides is 2. The summed E-state index contributed by atoms with van der Waals surface area (Å²) in [5.74, 6) is 0.0575. The van der Waals surface area contributed by atoms with Gasteiger partial charge < -0.3 is 15.6 Å². The number of rotatable bonds is 4. The van der Waals surface area contributed by atoms with Crippen LogP contribution in [-0.2, 0) is 0 Å². The summed E-state index contributed by atoms with van der Waals surface area (Å²) in [5.41, 5.74) is 6.51. The van der Waals surface area contributed by atoms with Gasteiger partial charge in [-0.1, -0.05) is 11.6 Å². The Labute approximate surface area is 92.8 Å². The third-order valence-electron chi connectivity index (χ3n) is 2.33. The number of nitrogens with two attached hydrogens (primary N) is 1. The van der Waals surface area contributed by atoms with Crippen LogP contribution in [0.3, 0.4) is 0 Å². The van der Waals surface area contributed by atoms with E-state index in [0.717, 1.165) is 0 Å². The maximum Gasteiger partial charge on any atom is 0.267 e. The molecule has 1 atom stereocenters. The molecule has 0 bridgehead atoms. The summed E-state index contributed by atoms with van der Waals surface area (Å²) in [5, 5.41) is 8.96. The van der Waals surface area contributed by atoms with Gasteiger partial charge in [0, 0.05) is 5.56 Å². The van der Waals surface area contributed by atoms with Gasteiger partial charge in [0.15, 0.2) is 0 Å². The lowest BCUT2D eigenvalue weighted by Crippen LogP contribution is -2.16. The molecule has 0 aliphatic heterocycles. The first-order valence-corrected chi connectivity index (χ1v) is 4.84. The minimum atomic E-state index is -2.63. The second-order valence-electron chi connectivity index (χ2n) is 3.57. The van der Waals surface area contributed by atoms with Gasteiger partial charge in [-0.3, -0.25) is 0 Å². The van der Waals surface area contributed by atoms with Gasteiger partial charge in [0.05, 0.1) is 25.3 Å². The Morgan fingerprint density at radius 1 is 1.38 bits per heavy atom. The number of methoxy groups -OCH3 is 1. The molecule has 0 saturated carbocycles. The van der Waals surface area contributed by atoms with Gasteiger partial charge in [-0.05, 0) is 13.0 Å². The van der Waals surface area contributed by atoms with Crippen molar-refractivity contribution in [1.82, 2.24) is 0 Å². The van der Waals surface area contributed by atoms with E-state index in [1.165, 1.54) is 13.2 Å². The molecule has 1 aromatic rings. The molecule has 16 heavy (non-hydrogen) atoms. The van der Waals surface area contributed by atoms with Crippen LogP contribution in [0, 0.1) is 6.92 Å². The zero-order chi connectivity index (χ0) is 12.3. The summed E-state index contributed by atoms with van der Waals surface area (Å²) in [6.07, 6.45) is -2.63. The van der Waals surface area contributed by atoms with E-state index in [2.05, 4.69) is 0 Å². The van der Waals surface area contributed by atoms with Crippen LogP contribution in [0.15, 0.2) is 12.1 Å². The second-order valence-corrected chi connectivity index (χ2v) is 3.57. The SMILES string of the molecule is COc1c(C(F)F)cc(C)cc1C(N)CO. The summed E-state index contributed by atoms with van der Waals surface area (Å²) in [6, 6.07) is 2.29. The summed E-state index contributed by atoms with van der Waals surface area (Å²) < 4.78 is 30.5. The van der Waals surface area contributed by atoms with Gasteiger partial charge >= 0.3 is 0 Å². The lowest BCUT2D eigenvalue weighted by Gasteiger charge is -2.17. The Balaban J connectivity index is 3.35. The van der Waals surface area contributed by atoms with E-state index in [-0.39, 0.29) is 17.9 Å². The fourth-order valence-electron chi connectivity index (χ4n) is 1.60. The van der Waals surface area contributed by atoms with Crippen molar-refractivity contribution in [3.05, 3.63) is 28.8 Å². The molecule has 0 aromatic heterocycles. The number of aliphatic hydroxyl groups is 1. The van der Waals surface area contributed by atoms with Crippen molar-refractivity contribution in [3.63, 3.8) is 0 Å². The van der Waals surface area contributed by atoms with Crippen LogP contribution >= 0.6 is 0 Å². The lowest BCUT2D eigenvalue weighted by atomic mass is 10.00. The average Bonchev–Trinajstić information content (AvgIpc) is 2.26. The molecule has 0 heterocycles. The topological polar surface area (TPSA) is 55.5 Å². The Morgan fingerprint density at radius 3 is 2.38 bits per heavy atom. The number of aryl methyl sites for hydroxylation is 1. The van der Waals surface area contributed by atoms with E-state index < -0.39 is 12.5 Å². The predicted octanol–water partition coefficient (Wildman–Crippen LogP) is 1.93. The van der Waals surface area contributed by atoms with E-state index in [9.17, 15) is 8.78 Å². The molecule has 90 valence electrons. The Kier molecular flexibility index (Phi) is 4.20. The predicted molar refractivity (Wildman–Crippen MR) is 56.7 cm³/mol. The molecule has 5 heteroatoms. The standard InChI is InChI=1S/C11H15F2NO2/c1-6-3-7(9(14)5-15)10(16-2)8(4-6)11(12)13/h3-4,9,11,15H,5,14H2,1-2H3. The van der Waals surface area contributed by atoms with Crippen molar-refractivity contribution in [2.24, 2.45) is 5.73 Å². The monoisotopic (exact) mass is 231 g/mol. The van der Waals surface area contributed by atoms with E-state index in [0.29, 0.717) is 11.1 Å². The van der Waals surface area contributed by atoms with Crippen molar-refractivity contribution in [3.8, 4) is 5.75 Å².